The van der Waals surface area contributed by atoms with Gasteiger partial charge < -0.3 is 19.8 Å². The molecule has 2 N–H and O–H groups in total. The monoisotopic (exact) mass is 279 g/mol. The third kappa shape index (κ3) is 5.25. The van der Waals surface area contributed by atoms with Gasteiger partial charge in [-0.25, -0.2) is 0 Å². The van der Waals surface area contributed by atoms with E-state index in [1.54, 1.807) is 6.26 Å². The summed E-state index contributed by atoms with van der Waals surface area (Å²) in [6.45, 7) is 7.23. The fourth-order valence-corrected chi connectivity index (χ4v) is 1.94. The molecule has 0 aromatic carbocycles. The Bertz CT molecular complexity index is 403. The maximum atomic E-state index is 5.53. The molecule has 2 atom stereocenters. The lowest BCUT2D eigenvalue weighted by Crippen LogP contribution is -2.39. The van der Waals surface area contributed by atoms with Crippen LogP contribution in [0.4, 0.5) is 0 Å². The lowest BCUT2D eigenvalue weighted by Gasteiger charge is -2.10. The lowest BCUT2D eigenvalue weighted by atomic mass is 10.4. The largest absolute Gasteiger partial charge is 0.467 e. The normalized spacial score (nSPS) is 21.8. The summed E-state index contributed by atoms with van der Waals surface area (Å²) in [5.74, 6) is 2.56. The number of rotatable bonds is 8. The second kappa shape index (κ2) is 7.94. The van der Waals surface area contributed by atoms with E-state index in [0.717, 1.165) is 37.1 Å². The minimum Gasteiger partial charge on any atom is -0.467 e. The van der Waals surface area contributed by atoms with E-state index < -0.39 is 0 Å². The highest BCUT2D eigenvalue weighted by atomic mass is 16.5. The first-order valence-electron chi connectivity index (χ1n) is 7.44. The maximum Gasteiger partial charge on any atom is 0.191 e. The molecular formula is C15H25N3O2. The van der Waals surface area contributed by atoms with E-state index in [1.807, 2.05) is 12.1 Å². The summed E-state index contributed by atoms with van der Waals surface area (Å²) in [7, 11) is 0. The van der Waals surface area contributed by atoms with Gasteiger partial charge in [0, 0.05) is 25.7 Å². The zero-order chi connectivity index (χ0) is 14.2. The molecule has 1 aromatic rings. The average molecular weight is 279 g/mol. The first-order chi connectivity index (χ1) is 9.79. The van der Waals surface area contributed by atoms with Crippen LogP contribution in [0.2, 0.25) is 0 Å². The van der Waals surface area contributed by atoms with Crippen LogP contribution in [0, 0.1) is 5.92 Å². The molecule has 2 unspecified atom stereocenters. The van der Waals surface area contributed by atoms with Crippen LogP contribution >= 0.6 is 0 Å². The number of nitrogens with zero attached hydrogens (tertiary/aromatic N) is 1. The molecule has 112 valence electrons. The summed E-state index contributed by atoms with van der Waals surface area (Å²) >= 11 is 0. The number of aliphatic imine (C=N–C) groups is 1. The lowest BCUT2D eigenvalue weighted by molar-refractivity contribution is 0.105. The zero-order valence-electron chi connectivity index (χ0n) is 12.4. The molecule has 0 bridgehead atoms. The van der Waals surface area contributed by atoms with E-state index in [9.17, 15) is 0 Å². The second-order valence-electron chi connectivity index (χ2n) is 5.21. The van der Waals surface area contributed by atoms with Gasteiger partial charge in [-0.05, 0) is 37.8 Å². The van der Waals surface area contributed by atoms with Crippen molar-refractivity contribution >= 4 is 5.96 Å². The van der Waals surface area contributed by atoms with Gasteiger partial charge in [-0.1, -0.05) is 6.92 Å². The highest BCUT2D eigenvalue weighted by Gasteiger charge is 2.33. The quantitative estimate of drug-likeness (QED) is 0.435. The molecule has 0 radical (unpaired) electrons. The van der Waals surface area contributed by atoms with Gasteiger partial charge >= 0.3 is 0 Å². The van der Waals surface area contributed by atoms with Gasteiger partial charge in [0.05, 0.1) is 6.26 Å². The summed E-state index contributed by atoms with van der Waals surface area (Å²) in [4.78, 5) is 4.55. The Hall–Kier alpha value is -1.49. The van der Waals surface area contributed by atoms with Gasteiger partial charge in [0.2, 0.25) is 0 Å². The third-order valence-corrected chi connectivity index (χ3v) is 3.32. The van der Waals surface area contributed by atoms with Gasteiger partial charge in [0.1, 0.15) is 12.4 Å². The maximum absolute atomic E-state index is 5.53. The Balaban J connectivity index is 1.57. The molecule has 1 aliphatic carbocycles. The minimum absolute atomic E-state index is 0.536. The first-order valence-corrected chi connectivity index (χ1v) is 7.44. The Morgan fingerprint density at radius 3 is 3.05 bits per heavy atom. The molecule has 0 spiro atoms. The van der Waals surface area contributed by atoms with Crippen molar-refractivity contribution in [3.63, 3.8) is 0 Å². The number of ether oxygens (including phenoxy) is 1. The van der Waals surface area contributed by atoms with Gasteiger partial charge in [-0.15, -0.1) is 0 Å². The molecule has 2 rings (SSSR count). The summed E-state index contributed by atoms with van der Waals surface area (Å²) in [5.41, 5.74) is 0. The van der Waals surface area contributed by atoms with Crippen LogP contribution < -0.4 is 10.6 Å². The highest BCUT2D eigenvalue weighted by molar-refractivity contribution is 5.80. The number of hydrogen-bond acceptors (Lipinski definition) is 3. The van der Waals surface area contributed by atoms with Crippen LogP contribution in [0.5, 0.6) is 0 Å². The van der Waals surface area contributed by atoms with Gasteiger partial charge in [-0.2, -0.15) is 0 Å². The van der Waals surface area contributed by atoms with Crippen molar-refractivity contribution in [1.82, 2.24) is 10.6 Å². The molecule has 0 saturated heterocycles. The number of furan rings is 1. The summed E-state index contributed by atoms with van der Waals surface area (Å²) < 4.78 is 10.7. The third-order valence-electron chi connectivity index (χ3n) is 3.32. The number of guanidine groups is 1. The van der Waals surface area contributed by atoms with Crippen molar-refractivity contribution < 1.29 is 9.15 Å². The van der Waals surface area contributed by atoms with Crippen molar-refractivity contribution in [2.24, 2.45) is 10.9 Å². The van der Waals surface area contributed by atoms with Crippen molar-refractivity contribution in [1.29, 1.82) is 0 Å². The van der Waals surface area contributed by atoms with E-state index in [1.165, 1.54) is 6.42 Å². The molecule has 1 aliphatic rings. The Labute approximate surface area is 120 Å². The van der Waals surface area contributed by atoms with Gasteiger partial charge in [-0.3, -0.25) is 4.99 Å². The topological polar surface area (TPSA) is 58.8 Å². The first kappa shape index (κ1) is 14.9. The van der Waals surface area contributed by atoms with Crippen molar-refractivity contribution in [2.45, 2.75) is 39.3 Å². The van der Waals surface area contributed by atoms with Crippen LogP contribution in [-0.4, -0.2) is 31.7 Å². The van der Waals surface area contributed by atoms with Crippen LogP contribution in [0.3, 0.4) is 0 Å². The van der Waals surface area contributed by atoms with E-state index in [4.69, 9.17) is 9.15 Å². The summed E-state index contributed by atoms with van der Waals surface area (Å²) in [6.07, 6.45) is 3.82. The fourth-order valence-electron chi connectivity index (χ4n) is 1.94. The molecular weight excluding hydrogens is 254 g/mol. The molecule has 5 heteroatoms. The molecule has 1 aromatic heterocycles. The smallest absolute Gasteiger partial charge is 0.191 e. The van der Waals surface area contributed by atoms with Crippen molar-refractivity contribution in [3.05, 3.63) is 24.2 Å². The van der Waals surface area contributed by atoms with Gasteiger partial charge in [0.15, 0.2) is 5.96 Å². The number of hydrogen-bond donors (Lipinski definition) is 2. The standard InChI is InChI=1S/C15H25N3O2/c1-3-16-15(18-14-10-12(14)2)17-7-5-8-19-11-13-6-4-9-20-13/h4,6,9,12,14H,3,5,7-8,10-11H2,1-2H3,(H2,16,17,18). The highest BCUT2D eigenvalue weighted by Crippen LogP contribution is 2.28. The predicted octanol–water partition coefficient (Wildman–Crippen LogP) is 2.15. The molecule has 0 aliphatic heterocycles. The Kier molecular flexibility index (Phi) is 5.92. The van der Waals surface area contributed by atoms with E-state index >= 15 is 0 Å². The van der Waals surface area contributed by atoms with Gasteiger partial charge in [0.25, 0.3) is 0 Å². The fraction of sp³-hybridized carbons (Fsp3) is 0.667. The zero-order valence-corrected chi connectivity index (χ0v) is 12.4. The van der Waals surface area contributed by atoms with Crippen LogP contribution in [-0.2, 0) is 11.3 Å². The molecule has 20 heavy (non-hydrogen) atoms. The van der Waals surface area contributed by atoms with E-state index in [0.29, 0.717) is 19.3 Å². The van der Waals surface area contributed by atoms with Crippen LogP contribution in [0.25, 0.3) is 0 Å². The van der Waals surface area contributed by atoms with Crippen molar-refractivity contribution in [2.75, 3.05) is 19.7 Å². The van der Waals surface area contributed by atoms with Crippen LogP contribution in [0.15, 0.2) is 27.8 Å². The molecule has 1 heterocycles. The SMILES string of the molecule is CCNC(=NCCCOCc1ccco1)NC1CC1C. The summed E-state index contributed by atoms with van der Waals surface area (Å²) in [6, 6.07) is 4.39. The molecule has 1 fully saturated rings. The minimum atomic E-state index is 0.536. The number of nitrogens with one attached hydrogen (secondary N) is 2. The van der Waals surface area contributed by atoms with E-state index in [-0.39, 0.29) is 0 Å². The van der Waals surface area contributed by atoms with Crippen LogP contribution in [0.1, 0.15) is 32.4 Å². The van der Waals surface area contributed by atoms with E-state index in [2.05, 4.69) is 29.5 Å². The average Bonchev–Trinajstić information content (AvgIpc) is 2.93. The summed E-state index contributed by atoms with van der Waals surface area (Å²) in [5, 5.41) is 6.71. The molecule has 0 amide bonds. The van der Waals surface area contributed by atoms with Crippen molar-refractivity contribution in [3.8, 4) is 0 Å². The Morgan fingerprint density at radius 1 is 1.55 bits per heavy atom. The predicted molar refractivity (Wildman–Crippen MR) is 79.7 cm³/mol. The second-order valence-corrected chi connectivity index (χ2v) is 5.21. The Morgan fingerprint density at radius 2 is 2.40 bits per heavy atom. The molecule has 5 nitrogen and oxygen atoms in total. The molecule has 1 saturated carbocycles.